The first-order valence-electron chi connectivity index (χ1n) is 6.78. The molecule has 1 aromatic carbocycles. The standard InChI is InChI=1S/C16H17ClN2O2/c1-10(2)6-14(19(20)21)9-13-8-12-5-4-11(3)7-15(12)18-16(13)17/h4-5,7-10H,6H2,1-3H3. The van der Waals surface area contributed by atoms with Crippen LogP contribution in [-0.4, -0.2) is 9.91 Å². The van der Waals surface area contributed by atoms with Crippen LogP contribution in [0.5, 0.6) is 0 Å². The zero-order chi connectivity index (χ0) is 15.6. The highest BCUT2D eigenvalue weighted by atomic mass is 35.5. The maximum absolute atomic E-state index is 11.1. The van der Waals surface area contributed by atoms with E-state index in [9.17, 15) is 10.1 Å². The van der Waals surface area contributed by atoms with Crippen LogP contribution in [0.15, 0.2) is 30.0 Å². The lowest BCUT2D eigenvalue weighted by atomic mass is 10.1. The fraction of sp³-hybridized carbons (Fsp3) is 0.312. The third-order valence-corrected chi connectivity index (χ3v) is 3.43. The van der Waals surface area contributed by atoms with Gasteiger partial charge < -0.3 is 0 Å². The van der Waals surface area contributed by atoms with E-state index in [1.807, 2.05) is 45.0 Å². The monoisotopic (exact) mass is 304 g/mol. The topological polar surface area (TPSA) is 56.0 Å². The molecule has 0 aliphatic carbocycles. The Morgan fingerprint density at radius 1 is 1.43 bits per heavy atom. The van der Waals surface area contributed by atoms with Gasteiger partial charge in [0.05, 0.1) is 10.4 Å². The van der Waals surface area contributed by atoms with E-state index in [4.69, 9.17) is 11.6 Å². The Hall–Kier alpha value is -1.94. The molecule has 0 unspecified atom stereocenters. The quantitative estimate of drug-likeness (QED) is 0.460. The molecule has 4 nitrogen and oxygen atoms in total. The molecule has 0 N–H and O–H groups in total. The van der Waals surface area contributed by atoms with Crippen molar-refractivity contribution in [3.05, 3.63) is 56.4 Å². The number of hydrogen-bond donors (Lipinski definition) is 0. The van der Waals surface area contributed by atoms with Crippen LogP contribution >= 0.6 is 11.6 Å². The second kappa shape index (κ2) is 6.22. The van der Waals surface area contributed by atoms with Crippen LogP contribution < -0.4 is 0 Å². The molecule has 0 bridgehead atoms. The van der Waals surface area contributed by atoms with Crippen molar-refractivity contribution in [3.63, 3.8) is 0 Å². The minimum Gasteiger partial charge on any atom is -0.259 e. The zero-order valence-corrected chi connectivity index (χ0v) is 13.0. The van der Waals surface area contributed by atoms with Crippen molar-refractivity contribution in [2.24, 2.45) is 5.92 Å². The van der Waals surface area contributed by atoms with E-state index in [1.165, 1.54) is 6.08 Å². The molecule has 2 rings (SSSR count). The van der Waals surface area contributed by atoms with E-state index in [1.54, 1.807) is 0 Å². The molecule has 110 valence electrons. The van der Waals surface area contributed by atoms with Crippen LogP contribution in [-0.2, 0) is 0 Å². The lowest BCUT2D eigenvalue weighted by Gasteiger charge is -2.05. The molecular weight excluding hydrogens is 288 g/mol. The summed E-state index contributed by atoms with van der Waals surface area (Å²) in [7, 11) is 0. The largest absolute Gasteiger partial charge is 0.259 e. The van der Waals surface area contributed by atoms with E-state index in [-0.39, 0.29) is 21.7 Å². The van der Waals surface area contributed by atoms with Gasteiger partial charge >= 0.3 is 0 Å². The van der Waals surface area contributed by atoms with E-state index >= 15 is 0 Å². The van der Waals surface area contributed by atoms with Crippen LogP contribution in [0.1, 0.15) is 31.4 Å². The molecule has 0 aliphatic heterocycles. The van der Waals surface area contributed by atoms with Gasteiger partial charge in [0, 0.05) is 23.4 Å². The predicted octanol–water partition coefficient (Wildman–Crippen LogP) is 4.86. The van der Waals surface area contributed by atoms with Crippen molar-refractivity contribution in [2.45, 2.75) is 27.2 Å². The SMILES string of the molecule is Cc1ccc2cc(C=C(CC(C)C)[N+](=O)[O-])c(Cl)nc2c1. The number of aromatic nitrogens is 1. The van der Waals surface area contributed by atoms with Gasteiger partial charge in [0.25, 0.3) is 0 Å². The average molecular weight is 305 g/mol. The van der Waals surface area contributed by atoms with Gasteiger partial charge in [0.1, 0.15) is 5.15 Å². The van der Waals surface area contributed by atoms with E-state index in [0.29, 0.717) is 12.0 Å². The first-order valence-corrected chi connectivity index (χ1v) is 7.16. The second-order valence-electron chi connectivity index (χ2n) is 5.56. The molecule has 0 amide bonds. The summed E-state index contributed by atoms with van der Waals surface area (Å²) >= 11 is 6.16. The van der Waals surface area contributed by atoms with Crippen molar-refractivity contribution in [2.75, 3.05) is 0 Å². The lowest BCUT2D eigenvalue weighted by Crippen LogP contribution is -2.02. The Bertz CT molecular complexity index is 724. The van der Waals surface area contributed by atoms with Crippen molar-refractivity contribution in [1.82, 2.24) is 4.98 Å². The normalized spacial score (nSPS) is 12.1. The van der Waals surface area contributed by atoms with Crippen molar-refractivity contribution >= 4 is 28.6 Å². The summed E-state index contributed by atoms with van der Waals surface area (Å²) in [6.45, 7) is 5.87. The summed E-state index contributed by atoms with van der Waals surface area (Å²) in [5.74, 6) is 0.205. The minimum atomic E-state index is -0.352. The van der Waals surface area contributed by atoms with E-state index in [2.05, 4.69) is 4.98 Å². The van der Waals surface area contributed by atoms with Crippen LogP contribution in [0.25, 0.3) is 17.0 Å². The Kier molecular flexibility index (Phi) is 4.58. The van der Waals surface area contributed by atoms with Crippen molar-refractivity contribution < 1.29 is 4.92 Å². The molecule has 0 saturated carbocycles. The Morgan fingerprint density at radius 3 is 2.76 bits per heavy atom. The molecule has 0 aliphatic rings. The summed E-state index contributed by atoms with van der Waals surface area (Å²) in [4.78, 5) is 15.1. The number of aryl methyl sites for hydroxylation is 1. The van der Waals surface area contributed by atoms with Gasteiger partial charge in [-0.05, 0) is 30.5 Å². The van der Waals surface area contributed by atoms with E-state index in [0.717, 1.165) is 16.5 Å². The van der Waals surface area contributed by atoms with Gasteiger partial charge in [0.2, 0.25) is 5.70 Å². The van der Waals surface area contributed by atoms with Gasteiger partial charge in [-0.2, -0.15) is 0 Å². The fourth-order valence-corrected chi connectivity index (χ4v) is 2.36. The van der Waals surface area contributed by atoms with Gasteiger partial charge in [-0.25, -0.2) is 4.98 Å². The highest BCUT2D eigenvalue weighted by molar-refractivity contribution is 6.31. The molecule has 0 saturated heterocycles. The van der Waals surface area contributed by atoms with Gasteiger partial charge in [0.15, 0.2) is 0 Å². The summed E-state index contributed by atoms with van der Waals surface area (Å²) in [6.07, 6.45) is 1.92. The van der Waals surface area contributed by atoms with Gasteiger partial charge in [-0.1, -0.05) is 37.6 Å². The molecule has 0 fully saturated rings. The number of fused-ring (bicyclic) bond motifs is 1. The molecule has 1 aromatic heterocycles. The van der Waals surface area contributed by atoms with Crippen LogP contribution in [0.3, 0.4) is 0 Å². The number of nitro groups is 1. The number of hydrogen-bond acceptors (Lipinski definition) is 3. The lowest BCUT2D eigenvalue weighted by molar-refractivity contribution is -0.427. The first kappa shape index (κ1) is 15.4. The number of rotatable bonds is 4. The summed E-state index contributed by atoms with van der Waals surface area (Å²) in [5, 5.41) is 12.3. The number of nitrogens with zero attached hydrogens (tertiary/aromatic N) is 2. The smallest absolute Gasteiger partial charge is 0.247 e. The summed E-state index contributed by atoms with van der Waals surface area (Å²) in [6, 6.07) is 7.71. The Balaban J connectivity index is 2.52. The molecule has 5 heteroatoms. The Labute approximate surface area is 128 Å². The molecule has 21 heavy (non-hydrogen) atoms. The molecular formula is C16H17ClN2O2. The van der Waals surface area contributed by atoms with Crippen LogP contribution in [0.4, 0.5) is 0 Å². The highest BCUT2D eigenvalue weighted by Gasteiger charge is 2.15. The maximum Gasteiger partial charge on any atom is 0.247 e. The average Bonchev–Trinajstić information content (AvgIpc) is 2.38. The summed E-state index contributed by atoms with van der Waals surface area (Å²) in [5.41, 5.74) is 2.63. The molecule has 0 radical (unpaired) electrons. The molecule has 0 atom stereocenters. The highest BCUT2D eigenvalue weighted by Crippen LogP contribution is 2.25. The van der Waals surface area contributed by atoms with Crippen LogP contribution in [0, 0.1) is 23.0 Å². The summed E-state index contributed by atoms with van der Waals surface area (Å²) < 4.78 is 0. The number of pyridine rings is 1. The zero-order valence-electron chi connectivity index (χ0n) is 12.3. The fourth-order valence-electron chi connectivity index (χ4n) is 2.16. The van der Waals surface area contributed by atoms with Crippen molar-refractivity contribution in [1.29, 1.82) is 0 Å². The van der Waals surface area contributed by atoms with Gasteiger partial charge in [-0.15, -0.1) is 0 Å². The van der Waals surface area contributed by atoms with Gasteiger partial charge in [-0.3, -0.25) is 10.1 Å². The Morgan fingerprint density at radius 2 is 2.14 bits per heavy atom. The molecule has 0 spiro atoms. The first-order chi connectivity index (χ1) is 9.86. The maximum atomic E-state index is 11.1. The molecule has 1 heterocycles. The molecule has 2 aromatic rings. The van der Waals surface area contributed by atoms with Crippen molar-refractivity contribution in [3.8, 4) is 0 Å². The minimum absolute atomic E-state index is 0.153. The predicted molar refractivity (Wildman–Crippen MR) is 85.9 cm³/mol. The number of halogens is 1. The third kappa shape index (κ3) is 3.79. The number of allylic oxidation sites excluding steroid dienone is 1. The van der Waals surface area contributed by atoms with Crippen LogP contribution in [0.2, 0.25) is 5.15 Å². The third-order valence-electron chi connectivity index (χ3n) is 3.13. The number of benzene rings is 1. The van der Waals surface area contributed by atoms with E-state index < -0.39 is 0 Å². The second-order valence-corrected chi connectivity index (χ2v) is 5.91.